The molecular formula is C26H19N. The van der Waals surface area contributed by atoms with Crippen molar-refractivity contribution in [1.29, 1.82) is 0 Å². The molecule has 0 aliphatic carbocycles. The van der Waals surface area contributed by atoms with E-state index in [1.807, 2.05) is 6.07 Å². The Balaban J connectivity index is 1.59. The van der Waals surface area contributed by atoms with E-state index in [-0.39, 0.29) is 0 Å². The van der Waals surface area contributed by atoms with Crippen molar-refractivity contribution in [2.45, 2.75) is 0 Å². The Kier molecular flexibility index (Phi) is 3.65. The lowest BCUT2D eigenvalue weighted by Gasteiger charge is -2.10. The Morgan fingerprint density at radius 1 is 0.444 bits per heavy atom. The summed E-state index contributed by atoms with van der Waals surface area (Å²) in [6.45, 7) is 0. The van der Waals surface area contributed by atoms with E-state index in [1.165, 1.54) is 32.8 Å². The van der Waals surface area contributed by atoms with Crippen LogP contribution in [0.3, 0.4) is 0 Å². The second-order valence-corrected chi connectivity index (χ2v) is 6.89. The number of hydrogen-bond donors (Lipinski definition) is 1. The molecule has 0 aliphatic rings. The maximum Gasteiger partial charge on any atom is 0.0399 e. The van der Waals surface area contributed by atoms with Crippen molar-refractivity contribution < 1.29 is 0 Å². The fourth-order valence-corrected chi connectivity index (χ4v) is 3.83. The van der Waals surface area contributed by atoms with E-state index in [0.717, 1.165) is 16.6 Å². The van der Waals surface area contributed by atoms with Crippen LogP contribution >= 0.6 is 0 Å². The normalized spacial score (nSPS) is 11.1. The maximum absolute atomic E-state index is 6.28. The van der Waals surface area contributed by atoms with Crippen molar-refractivity contribution in [3.05, 3.63) is 103 Å². The van der Waals surface area contributed by atoms with Crippen LogP contribution in [0.15, 0.2) is 103 Å². The lowest BCUT2D eigenvalue weighted by Crippen LogP contribution is -1.89. The smallest absolute Gasteiger partial charge is 0.0399 e. The van der Waals surface area contributed by atoms with Crippen LogP contribution in [0.25, 0.3) is 43.8 Å². The van der Waals surface area contributed by atoms with Crippen LogP contribution in [0.4, 0.5) is 5.69 Å². The van der Waals surface area contributed by atoms with Gasteiger partial charge in [0.15, 0.2) is 0 Å². The van der Waals surface area contributed by atoms with Gasteiger partial charge in [-0.1, -0.05) is 91.0 Å². The van der Waals surface area contributed by atoms with Crippen molar-refractivity contribution >= 4 is 27.2 Å². The zero-order valence-corrected chi connectivity index (χ0v) is 14.9. The Bertz CT molecular complexity index is 1260. The molecule has 1 heteroatoms. The first kappa shape index (κ1) is 15.7. The average Bonchev–Trinajstić information content (AvgIpc) is 2.73. The molecule has 2 N–H and O–H groups in total. The van der Waals surface area contributed by atoms with E-state index in [9.17, 15) is 0 Å². The molecule has 0 radical (unpaired) electrons. The molecule has 0 aromatic heterocycles. The molecule has 0 saturated carbocycles. The highest BCUT2D eigenvalue weighted by atomic mass is 14.5. The summed E-state index contributed by atoms with van der Waals surface area (Å²) in [6.07, 6.45) is 0. The predicted octanol–water partition coefficient (Wildman–Crippen LogP) is 6.91. The molecule has 27 heavy (non-hydrogen) atoms. The highest BCUT2D eigenvalue weighted by Crippen LogP contribution is 2.32. The molecule has 0 fully saturated rings. The second-order valence-electron chi connectivity index (χ2n) is 6.89. The first-order valence-corrected chi connectivity index (χ1v) is 9.16. The van der Waals surface area contributed by atoms with E-state index < -0.39 is 0 Å². The summed E-state index contributed by atoms with van der Waals surface area (Å²) < 4.78 is 0. The molecule has 5 aromatic carbocycles. The fourth-order valence-electron chi connectivity index (χ4n) is 3.83. The molecule has 0 unspecified atom stereocenters. The van der Waals surface area contributed by atoms with Gasteiger partial charge in [0.1, 0.15) is 0 Å². The van der Waals surface area contributed by atoms with E-state index in [4.69, 9.17) is 5.73 Å². The average molecular weight is 345 g/mol. The van der Waals surface area contributed by atoms with Gasteiger partial charge in [0.25, 0.3) is 0 Å². The van der Waals surface area contributed by atoms with Crippen molar-refractivity contribution in [3.63, 3.8) is 0 Å². The number of benzene rings is 5. The van der Waals surface area contributed by atoms with Crippen molar-refractivity contribution in [3.8, 4) is 22.3 Å². The van der Waals surface area contributed by atoms with Crippen LogP contribution in [0.2, 0.25) is 0 Å². The van der Waals surface area contributed by atoms with E-state index >= 15 is 0 Å². The van der Waals surface area contributed by atoms with Crippen LogP contribution in [0, 0.1) is 0 Å². The van der Waals surface area contributed by atoms with Crippen LogP contribution in [-0.4, -0.2) is 0 Å². The topological polar surface area (TPSA) is 26.0 Å². The summed E-state index contributed by atoms with van der Waals surface area (Å²) in [5.41, 5.74) is 11.9. The van der Waals surface area contributed by atoms with Gasteiger partial charge in [-0.3, -0.25) is 0 Å². The van der Waals surface area contributed by atoms with Crippen molar-refractivity contribution in [2.75, 3.05) is 5.73 Å². The molecule has 0 amide bonds. The van der Waals surface area contributed by atoms with E-state index in [1.54, 1.807) is 0 Å². The third-order valence-corrected chi connectivity index (χ3v) is 5.21. The number of rotatable bonds is 2. The van der Waals surface area contributed by atoms with E-state index in [2.05, 4.69) is 97.1 Å². The standard InChI is InChI=1S/C26H19N/c27-26-17-22(16-21-7-2-4-10-25(21)26)18-12-14-20(15-13-18)24-11-5-8-19-6-1-3-9-23(19)24/h1-17H,27H2. The largest absolute Gasteiger partial charge is 0.398 e. The SMILES string of the molecule is Nc1cc(-c2ccc(-c3cccc4ccccc34)cc2)cc2ccccc12. The summed E-state index contributed by atoms with van der Waals surface area (Å²) in [5, 5.41) is 4.82. The van der Waals surface area contributed by atoms with Gasteiger partial charge >= 0.3 is 0 Å². The highest BCUT2D eigenvalue weighted by molar-refractivity contribution is 5.98. The molecule has 128 valence electrons. The zero-order valence-electron chi connectivity index (χ0n) is 14.9. The highest BCUT2D eigenvalue weighted by Gasteiger charge is 2.06. The summed E-state index contributed by atoms with van der Waals surface area (Å²) in [7, 11) is 0. The second kappa shape index (κ2) is 6.30. The summed E-state index contributed by atoms with van der Waals surface area (Å²) >= 11 is 0. The molecule has 0 spiro atoms. The Hall–Kier alpha value is -3.58. The first-order valence-electron chi connectivity index (χ1n) is 9.16. The fraction of sp³-hybridized carbons (Fsp3) is 0. The lowest BCUT2D eigenvalue weighted by atomic mass is 9.95. The summed E-state index contributed by atoms with van der Waals surface area (Å²) in [4.78, 5) is 0. The number of nitrogen functional groups attached to an aromatic ring is 1. The lowest BCUT2D eigenvalue weighted by molar-refractivity contribution is 1.62. The van der Waals surface area contributed by atoms with Gasteiger partial charge in [0.05, 0.1) is 0 Å². The van der Waals surface area contributed by atoms with Crippen LogP contribution < -0.4 is 5.73 Å². The monoisotopic (exact) mass is 345 g/mol. The van der Waals surface area contributed by atoms with Crippen LogP contribution in [0.1, 0.15) is 0 Å². The van der Waals surface area contributed by atoms with Gasteiger partial charge in [0, 0.05) is 11.1 Å². The molecule has 0 aliphatic heterocycles. The van der Waals surface area contributed by atoms with Crippen LogP contribution in [0.5, 0.6) is 0 Å². The third kappa shape index (κ3) is 2.74. The Morgan fingerprint density at radius 2 is 1.07 bits per heavy atom. The zero-order chi connectivity index (χ0) is 18.2. The molecule has 0 atom stereocenters. The molecule has 0 heterocycles. The van der Waals surface area contributed by atoms with Gasteiger partial charge < -0.3 is 5.73 Å². The molecule has 1 nitrogen and oxygen atoms in total. The number of nitrogens with two attached hydrogens (primary N) is 1. The molecule has 0 saturated heterocycles. The van der Waals surface area contributed by atoms with Crippen LogP contribution in [-0.2, 0) is 0 Å². The molecule has 5 rings (SSSR count). The van der Waals surface area contributed by atoms with Gasteiger partial charge in [0.2, 0.25) is 0 Å². The Labute approximate surface area is 158 Å². The number of fused-ring (bicyclic) bond motifs is 2. The molecular weight excluding hydrogens is 326 g/mol. The third-order valence-electron chi connectivity index (χ3n) is 5.21. The van der Waals surface area contributed by atoms with Gasteiger partial charge in [-0.05, 0) is 50.5 Å². The summed E-state index contributed by atoms with van der Waals surface area (Å²) in [5.74, 6) is 0. The molecule has 0 bridgehead atoms. The van der Waals surface area contributed by atoms with Gasteiger partial charge in [-0.2, -0.15) is 0 Å². The maximum atomic E-state index is 6.28. The number of hydrogen-bond acceptors (Lipinski definition) is 1. The van der Waals surface area contributed by atoms with Crippen molar-refractivity contribution in [2.24, 2.45) is 0 Å². The quantitative estimate of drug-likeness (QED) is 0.346. The predicted molar refractivity (Wildman–Crippen MR) is 117 cm³/mol. The Morgan fingerprint density at radius 3 is 1.89 bits per heavy atom. The minimum Gasteiger partial charge on any atom is -0.398 e. The minimum absolute atomic E-state index is 0.821. The molecule has 5 aromatic rings. The van der Waals surface area contributed by atoms with Gasteiger partial charge in [-0.15, -0.1) is 0 Å². The first-order chi connectivity index (χ1) is 13.3. The van der Waals surface area contributed by atoms with E-state index in [0.29, 0.717) is 0 Å². The van der Waals surface area contributed by atoms with Gasteiger partial charge in [-0.25, -0.2) is 0 Å². The minimum atomic E-state index is 0.821. The number of anilines is 1. The summed E-state index contributed by atoms with van der Waals surface area (Å²) in [6, 6.07) is 36.3. The van der Waals surface area contributed by atoms with Crippen molar-refractivity contribution in [1.82, 2.24) is 0 Å².